The van der Waals surface area contributed by atoms with E-state index in [2.05, 4.69) is 38.2 Å². The van der Waals surface area contributed by atoms with Crippen LogP contribution in [0.3, 0.4) is 0 Å². The molecule has 0 saturated heterocycles. The van der Waals surface area contributed by atoms with E-state index < -0.39 is 0 Å². The van der Waals surface area contributed by atoms with Crippen LogP contribution in [-0.4, -0.2) is 30.9 Å². The van der Waals surface area contributed by atoms with E-state index in [4.69, 9.17) is 9.47 Å². The summed E-state index contributed by atoms with van der Waals surface area (Å²) in [6, 6.07) is 3.47. The van der Waals surface area contributed by atoms with Crippen molar-refractivity contribution in [2.24, 2.45) is 0 Å². The van der Waals surface area contributed by atoms with Crippen molar-refractivity contribution >= 4 is 17.1 Å². The molecule has 0 bridgehead atoms. The number of carbonyl (C=O) groups is 2. The Hall–Kier alpha value is -3.08. The van der Waals surface area contributed by atoms with Gasteiger partial charge in [-0.15, -0.1) is 0 Å². The number of aryl methyl sites for hydroxylation is 1. The van der Waals surface area contributed by atoms with Gasteiger partial charge in [-0.1, -0.05) is 128 Å². The van der Waals surface area contributed by atoms with Gasteiger partial charge in [-0.05, 0) is 75.8 Å². The van der Waals surface area contributed by atoms with Crippen molar-refractivity contribution in [3.63, 3.8) is 0 Å². The maximum absolute atomic E-state index is 13.6. The number of ketones is 2. The zero-order valence-electron chi connectivity index (χ0n) is 31.6. The van der Waals surface area contributed by atoms with Crippen molar-refractivity contribution in [3.05, 3.63) is 65.0 Å². The number of unbranched alkanes of at least 4 members (excludes halogenated alkanes) is 18. The van der Waals surface area contributed by atoms with E-state index in [1.54, 1.807) is 13.2 Å². The number of Topliss-reactive ketones (excluding diaryl/α,β-unsaturated/α-hetero) is 1. The van der Waals surface area contributed by atoms with Gasteiger partial charge in [-0.2, -0.15) is 0 Å². The molecule has 0 heterocycles. The van der Waals surface area contributed by atoms with E-state index in [1.165, 1.54) is 122 Å². The molecule has 0 atom stereocenters. The van der Waals surface area contributed by atoms with Gasteiger partial charge < -0.3 is 14.6 Å². The van der Waals surface area contributed by atoms with Crippen molar-refractivity contribution in [1.29, 1.82) is 0 Å². The predicted octanol–water partition coefficient (Wildman–Crippen LogP) is 12.5. The minimum absolute atomic E-state index is 0.0128. The Bertz CT molecular complexity index is 1220. The lowest BCUT2D eigenvalue weighted by Gasteiger charge is -2.22. The molecule has 1 aliphatic rings. The molecule has 1 N–H and O–H groups in total. The molecule has 2 rings (SSSR count). The zero-order chi connectivity index (χ0) is 35.5. The molecular weight excluding hydrogens is 608 g/mol. The highest BCUT2D eigenvalue weighted by molar-refractivity contribution is 6.37. The van der Waals surface area contributed by atoms with Crippen LogP contribution in [0.2, 0.25) is 0 Å². The van der Waals surface area contributed by atoms with Crippen LogP contribution in [0.25, 0.3) is 5.57 Å². The highest BCUT2D eigenvalue weighted by atomic mass is 16.5. The van der Waals surface area contributed by atoms with Crippen LogP contribution in [0.5, 0.6) is 11.5 Å². The lowest BCUT2D eigenvalue weighted by Crippen LogP contribution is -2.20. The maximum Gasteiger partial charge on any atom is 0.224 e. The molecule has 5 nitrogen and oxygen atoms in total. The maximum atomic E-state index is 13.6. The monoisotopic (exact) mass is 677 g/mol. The number of aromatic hydroxyl groups is 1. The molecule has 0 saturated carbocycles. The minimum atomic E-state index is -0.280. The molecule has 1 aromatic rings. The fourth-order valence-electron chi connectivity index (χ4n) is 6.62. The number of carbonyl (C=O) groups excluding carboxylic acids is 2. The van der Waals surface area contributed by atoms with Crippen molar-refractivity contribution in [2.45, 2.75) is 168 Å². The fourth-order valence-corrected chi connectivity index (χ4v) is 6.62. The summed E-state index contributed by atoms with van der Waals surface area (Å²) in [5.41, 5.74) is 2.13. The molecule has 5 heteroatoms. The lowest BCUT2D eigenvalue weighted by atomic mass is 9.82. The first-order valence-corrected chi connectivity index (χ1v) is 19.8. The summed E-state index contributed by atoms with van der Waals surface area (Å²) >= 11 is 0. The Morgan fingerprint density at radius 2 is 1.06 bits per heavy atom. The highest BCUT2D eigenvalue weighted by Gasteiger charge is 2.32. The number of hydrogen-bond acceptors (Lipinski definition) is 5. The number of methoxy groups -OCH3 is 2. The van der Waals surface area contributed by atoms with Crippen LogP contribution >= 0.6 is 0 Å². The standard InChI is InChI=1S/C44H68O5/c1-5-7-9-11-13-15-17-19-21-23-25-27-29-31-36-33-37(48-3)34-39(45)42(36)43-38(44(47)41(49-4)35-40(43)46)32-30-28-26-24-22-20-18-16-14-12-10-8-6-2/h11-14,33-35,45H,5-10,15-32H2,1-4H3/b13-11-,14-12-. The molecule has 0 amide bonds. The number of hydrogen-bond donors (Lipinski definition) is 1. The van der Waals surface area contributed by atoms with Crippen LogP contribution in [-0.2, 0) is 20.7 Å². The van der Waals surface area contributed by atoms with Crippen molar-refractivity contribution in [1.82, 2.24) is 0 Å². The van der Waals surface area contributed by atoms with E-state index in [0.717, 1.165) is 37.7 Å². The van der Waals surface area contributed by atoms with E-state index in [0.29, 0.717) is 35.3 Å². The Morgan fingerprint density at radius 1 is 0.592 bits per heavy atom. The molecular formula is C44H68O5. The molecule has 0 aromatic heterocycles. The number of phenolic OH excluding ortho intramolecular Hbond substituents is 1. The molecule has 0 radical (unpaired) electrons. The van der Waals surface area contributed by atoms with Gasteiger partial charge in [0.1, 0.15) is 11.5 Å². The first-order chi connectivity index (χ1) is 24.0. The Kier molecular flexibility index (Phi) is 23.0. The second-order valence-electron chi connectivity index (χ2n) is 13.7. The lowest BCUT2D eigenvalue weighted by molar-refractivity contribution is -0.117. The summed E-state index contributed by atoms with van der Waals surface area (Å²) in [5.74, 6) is 0.0898. The largest absolute Gasteiger partial charge is 0.507 e. The quantitative estimate of drug-likeness (QED) is 0.0519. The van der Waals surface area contributed by atoms with Gasteiger partial charge >= 0.3 is 0 Å². The summed E-state index contributed by atoms with van der Waals surface area (Å²) in [6.07, 6.45) is 37.6. The normalized spacial score (nSPS) is 13.7. The number of benzene rings is 1. The Morgan fingerprint density at radius 3 is 1.55 bits per heavy atom. The molecule has 0 spiro atoms. The van der Waals surface area contributed by atoms with Crippen molar-refractivity contribution in [2.75, 3.05) is 14.2 Å². The Balaban J connectivity index is 1.97. The number of allylic oxidation sites excluding steroid dienone is 7. The van der Waals surface area contributed by atoms with E-state index in [1.807, 2.05) is 6.07 Å². The number of phenols is 1. The SMILES string of the molecule is CCCC/C=C\CCCCCCCCCC1=C(c2c(O)cc(OC)cc2CCCCCCCCC/C=C\CCCC)C(=O)C=C(OC)C1=O. The van der Waals surface area contributed by atoms with Crippen LogP contribution in [0.4, 0.5) is 0 Å². The highest BCUT2D eigenvalue weighted by Crippen LogP contribution is 2.40. The van der Waals surface area contributed by atoms with Gasteiger partial charge in [-0.3, -0.25) is 9.59 Å². The van der Waals surface area contributed by atoms with Crippen molar-refractivity contribution in [3.8, 4) is 11.5 Å². The third-order valence-electron chi connectivity index (χ3n) is 9.58. The third-order valence-corrected chi connectivity index (χ3v) is 9.58. The number of ether oxygens (including phenoxy) is 2. The molecule has 0 fully saturated rings. The van der Waals surface area contributed by atoms with Crippen LogP contribution < -0.4 is 4.74 Å². The minimum Gasteiger partial charge on any atom is -0.507 e. The van der Waals surface area contributed by atoms with Crippen LogP contribution in [0, 0.1) is 0 Å². The summed E-state index contributed by atoms with van der Waals surface area (Å²) in [6.45, 7) is 4.46. The van der Waals surface area contributed by atoms with Gasteiger partial charge in [0.05, 0.1) is 14.2 Å². The second kappa shape index (κ2) is 26.7. The Labute approximate surface area is 299 Å². The molecule has 0 aliphatic heterocycles. The third kappa shape index (κ3) is 16.5. The van der Waals surface area contributed by atoms with Gasteiger partial charge in [0, 0.05) is 28.9 Å². The fraction of sp³-hybridized carbons (Fsp3) is 0.636. The summed E-state index contributed by atoms with van der Waals surface area (Å²) < 4.78 is 10.8. The molecule has 1 aromatic carbocycles. The van der Waals surface area contributed by atoms with Gasteiger partial charge in [0.2, 0.25) is 5.78 Å². The second-order valence-corrected chi connectivity index (χ2v) is 13.7. The van der Waals surface area contributed by atoms with Crippen LogP contribution in [0.1, 0.15) is 173 Å². The molecule has 274 valence electrons. The van der Waals surface area contributed by atoms with E-state index >= 15 is 0 Å². The van der Waals surface area contributed by atoms with E-state index in [-0.39, 0.29) is 23.1 Å². The smallest absolute Gasteiger partial charge is 0.224 e. The predicted molar refractivity (Wildman–Crippen MR) is 206 cm³/mol. The van der Waals surface area contributed by atoms with Crippen LogP contribution in [0.15, 0.2) is 53.8 Å². The van der Waals surface area contributed by atoms with Crippen molar-refractivity contribution < 1.29 is 24.2 Å². The summed E-state index contributed by atoms with van der Waals surface area (Å²) in [7, 11) is 3.01. The van der Waals surface area contributed by atoms with E-state index in [9.17, 15) is 14.7 Å². The molecule has 49 heavy (non-hydrogen) atoms. The summed E-state index contributed by atoms with van der Waals surface area (Å²) in [5, 5.41) is 11.2. The van der Waals surface area contributed by atoms with Gasteiger partial charge in [0.15, 0.2) is 11.5 Å². The first kappa shape index (κ1) is 42.1. The molecule has 1 aliphatic carbocycles. The average molecular weight is 677 g/mol. The number of rotatable bonds is 29. The van der Waals surface area contributed by atoms with Gasteiger partial charge in [-0.25, -0.2) is 0 Å². The van der Waals surface area contributed by atoms with Gasteiger partial charge in [0.25, 0.3) is 0 Å². The zero-order valence-corrected chi connectivity index (χ0v) is 31.6. The topological polar surface area (TPSA) is 72.8 Å². The first-order valence-electron chi connectivity index (χ1n) is 19.8. The molecule has 0 unspecified atom stereocenters. The summed E-state index contributed by atoms with van der Waals surface area (Å²) in [4.78, 5) is 27.1. The average Bonchev–Trinajstić information content (AvgIpc) is 3.10.